The number of rotatable bonds is 4. The maximum Gasteiger partial charge on any atom is 0.118 e. The van der Waals surface area contributed by atoms with Gasteiger partial charge in [-0.15, -0.1) is 0 Å². The highest BCUT2D eigenvalue weighted by Crippen LogP contribution is 2.27. The summed E-state index contributed by atoms with van der Waals surface area (Å²) in [6.45, 7) is 2.03. The third kappa shape index (κ3) is 3.04. The minimum Gasteiger partial charge on any atom is -0.497 e. The van der Waals surface area contributed by atoms with Gasteiger partial charge in [-0.3, -0.25) is 0 Å². The Balaban J connectivity index is 2.21. The van der Waals surface area contributed by atoms with Crippen LogP contribution in [0.1, 0.15) is 24.1 Å². The number of ether oxygens (including phenoxy) is 1. The normalized spacial score (nSPS) is 11.5. The van der Waals surface area contributed by atoms with Gasteiger partial charge in [-0.2, -0.15) is 5.26 Å². The molecule has 3 nitrogen and oxygen atoms in total. The first-order chi connectivity index (χ1) is 9.65. The van der Waals surface area contributed by atoms with E-state index in [0.717, 1.165) is 17.0 Å². The van der Waals surface area contributed by atoms with Crippen molar-refractivity contribution in [1.82, 2.24) is 0 Å². The zero-order valence-electron chi connectivity index (χ0n) is 11.4. The molecule has 0 aliphatic heterocycles. The molecule has 1 N–H and O–H groups in total. The third-order valence-corrected chi connectivity index (χ3v) is 3.43. The summed E-state index contributed by atoms with van der Waals surface area (Å²) in [7, 11) is 1.64. The first-order valence-electron chi connectivity index (χ1n) is 6.25. The SMILES string of the molecule is COc1ccc(C(C)Nc2cccc(Cl)c2C#N)cc1. The van der Waals surface area contributed by atoms with Gasteiger partial charge < -0.3 is 10.1 Å². The molecule has 20 heavy (non-hydrogen) atoms. The lowest BCUT2D eigenvalue weighted by atomic mass is 10.1. The lowest BCUT2D eigenvalue weighted by Crippen LogP contribution is -2.07. The highest BCUT2D eigenvalue weighted by atomic mass is 35.5. The van der Waals surface area contributed by atoms with Crippen molar-refractivity contribution in [2.75, 3.05) is 12.4 Å². The molecule has 4 heteroatoms. The van der Waals surface area contributed by atoms with E-state index in [2.05, 4.69) is 11.4 Å². The standard InChI is InChI=1S/C16H15ClN2O/c1-11(12-6-8-13(20-2)9-7-12)19-16-5-3-4-15(17)14(16)10-18/h3-9,11,19H,1-2H3. The molecule has 0 fully saturated rings. The molecule has 0 saturated carbocycles. The number of hydrogen-bond donors (Lipinski definition) is 1. The molecule has 0 saturated heterocycles. The summed E-state index contributed by atoms with van der Waals surface area (Å²) < 4.78 is 5.14. The van der Waals surface area contributed by atoms with E-state index in [1.165, 1.54) is 0 Å². The van der Waals surface area contributed by atoms with Gasteiger partial charge in [0.15, 0.2) is 0 Å². The van der Waals surface area contributed by atoms with Crippen LogP contribution in [0, 0.1) is 11.3 Å². The number of benzene rings is 2. The van der Waals surface area contributed by atoms with Gasteiger partial charge in [-0.05, 0) is 36.8 Å². The number of hydrogen-bond acceptors (Lipinski definition) is 3. The Hall–Kier alpha value is -2.18. The quantitative estimate of drug-likeness (QED) is 0.906. The fourth-order valence-electron chi connectivity index (χ4n) is 1.97. The summed E-state index contributed by atoms with van der Waals surface area (Å²) in [6.07, 6.45) is 0. The summed E-state index contributed by atoms with van der Waals surface area (Å²) in [5.74, 6) is 0.821. The summed E-state index contributed by atoms with van der Waals surface area (Å²) in [5.41, 5.74) is 2.31. The summed E-state index contributed by atoms with van der Waals surface area (Å²) in [4.78, 5) is 0. The monoisotopic (exact) mass is 286 g/mol. The number of nitriles is 1. The predicted octanol–water partition coefficient (Wildman–Crippen LogP) is 4.39. The van der Waals surface area contributed by atoms with Crippen molar-refractivity contribution in [3.63, 3.8) is 0 Å². The van der Waals surface area contributed by atoms with Crippen molar-refractivity contribution in [2.24, 2.45) is 0 Å². The molecular formula is C16H15ClN2O. The molecule has 0 aliphatic carbocycles. The number of halogens is 1. The highest BCUT2D eigenvalue weighted by Gasteiger charge is 2.10. The minimum absolute atomic E-state index is 0.0615. The van der Waals surface area contributed by atoms with Gasteiger partial charge in [0.1, 0.15) is 11.8 Å². The molecular weight excluding hydrogens is 272 g/mol. The van der Waals surface area contributed by atoms with Gasteiger partial charge >= 0.3 is 0 Å². The average Bonchev–Trinajstić information content (AvgIpc) is 2.47. The summed E-state index contributed by atoms with van der Waals surface area (Å²) in [5, 5.41) is 12.9. The number of nitrogens with one attached hydrogen (secondary N) is 1. The van der Waals surface area contributed by atoms with Gasteiger partial charge in [0.05, 0.1) is 23.4 Å². The predicted molar refractivity (Wildman–Crippen MR) is 81.2 cm³/mol. The van der Waals surface area contributed by atoms with E-state index in [1.807, 2.05) is 43.3 Å². The zero-order valence-corrected chi connectivity index (χ0v) is 12.1. The van der Waals surface area contributed by atoms with Crippen LogP contribution in [0.3, 0.4) is 0 Å². The summed E-state index contributed by atoms with van der Waals surface area (Å²) in [6, 6.07) is 15.4. The molecule has 0 spiro atoms. The van der Waals surface area contributed by atoms with Crippen LogP contribution in [0.4, 0.5) is 5.69 Å². The Labute approximate surface area is 123 Å². The maximum atomic E-state index is 9.16. The molecule has 0 bridgehead atoms. The largest absolute Gasteiger partial charge is 0.497 e. The average molecular weight is 287 g/mol. The van der Waals surface area contributed by atoms with Crippen LogP contribution in [0.25, 0.3) is 0 Å². The summed E-state index contributed by atoms with van der Waals surface area (Å²) >= 11 is 6.02. The van der Waals surface area contributed by atoms with Crippen LogP contribution >= 0.6 is 11.6 Å². The second-order valence-corrected chi connectivity index (χ2v) is 4.82. The van der Waals surface area contributed by atoms with E-state index in [4.69, 9.17) is 21.6 Å². The number of methoxy groups -OCH3 is 1. The lowest BCUT2D eigenvalue weighted by Gasteiger charge is -2.17. The molecule has 2 aromatic carbocycles. The fourth-order valence-corrected chi connectivity index (χ4v) is 2.18. The molecule has 102 valence electrons. The Kier molecular flexibility index (Phi) is 4.49. The second kappa shape index (κ2) is 6.31. The Morgan fingerprint density at radius 2 is 1.90 bits per heavy atom. The minimum atomic E-state index is 0.0615. The molecule has 1 unspecified atom stereocenters. The first kappa shape index (κ1) is 14.2. The molecule has 2 rings (SSSR count). The Bertz CT molecular complexity index is 632. The van der Waals surface area contributed by atoms with E-state index in [1.54, 1.807) is 13.2 Å². The number of nitrogens with zero attached hydrogens (tertiary/aromatic N) is 1. The van der Waals surface area contributed by atoms with Crippen LogP contribution in [0.5, 0.6) is 5.75 Å². The maximum absolute atomic E-state index is 9.16. The van der Waals surface area contributed by atoms with Crippen molar-refractivity contribution in [3.8, 4) is 11.8 Å². The van der Waals surface area contributed by atoms with Crippen molar-refractivity contribution >= 4 is 17.3 Å². The Morgan fingerprint density at radius 3 is 2.50 bits per heavy atom. The van der Waals surface area contributed by atoms with Crippen molar-refractivity contribution in [3.05, 3.63) is 58.6 Å². The van der Waals surface area contributed by atoms with Crippen LogP contribution in [0.15, 0.2) is 42.5 Å². The van der Waals surface area contributed by atoms with E-state index in [-0.39, 0.29) is 6.04 Å². The molecule has 0 aromatic heterocycles. The van der Waals surface area contributed by atoms with Crippen molar-refractivity contribution < 1.29 is 4.74 Å². The highest BCUT2D eigenvalue weighted by molar-refractivity contribution is 6.32. The van der Waals surface area contributed by atoms with Gasteiger partial charge in [-0.1, -0.05) is 29.8 Å². The van der Waals surface area contributed by atoms with E-state index < -0.39 is 0 Å². The molecule has 1 atom stereocenters. The number of anilines is 1. The van der Waals surface area contributed by atoms with E-state index in [0.29, 0.717) is 10.6 Å². The lowest BCUT2D eigenvalue weighted by molar-refractivity contribution is 0.414. The Morgan fingerprint density at radius 1 is 1.20 bits per heavy atom. The van der Waals surface area contributed by atoms with Crippen LogP contribution < -0.4 is 10.1 Å². The van der Waals surface area contributed by atoms with Crippen LogP contribution in [-0.4, -0.2) is 7.11 Å². The second-order valence-electron chi connectivity index (χ2n) is 4.41. The third-order valence-electron chi connectivity index (χ3n) is 3.11. The van der Waals surface area contributed by atoms with E-state index in [9.17, 15) is 0 Å². The van der Waals surface area contributed by atoms with Crippen LogP contribution in [-0.2, 0) is 0 Å². The molecule has 0 radical (unpaired) electrons. The zero-order chi connectivity index (χ0) is 14.5. The van der Waals surface area contributed by atoms with Crippen LogP contribution in [0.2, 0.25) is 5.02 Å². The molecule has 0 aliphatic rings. The fraction of sp³-hybridized carbons (Fsp3) is 0.188. The molecule has 0 heterocycles. The molecule has 0 amide bonds. The van der Waals surface area contributed by atoms with Gasteiger partial charge in [-0.25, -0.2) is 0 Å². The van der Waals surface area contributed by atoms with Gasteiger partial charge in [0.25, 0.3) is 0 Å². The van der Waals surface area contributed by atoms with Gasteiger partial charge in [0.2, 0.25) is 0 Å². The van der Waals surface area contributed by atoms with E-state index >= 15 is 0 Å². The first-order valence-corrected chi connectivity index (χ1v) is 6.62. The molecule has 2 aromatic rings. The smallest absolute Gasteiger partial charge is 0.118 e. The van der Waals surface area contributed by atoms with Gasteiger partial charge in [0, 0.05) is 6.04 Å². The van der Waals surface area contributed by atoms with Crippen molar-refractivity contribution in [2.45, 2.75) is 13.0 Å². The van der Waals surface area contributed by atoms with Crippen molar-refractivity contribution in [1.29, 1.82) is 5.26 Å². The topological polar surface area (TPSA) is 45.0 Å².